The smallest absolute Gasteiger partial charge is 0.221 e. The Kier molecular flexibility index (Phi) is 7.88. The summed E-state index contributed by atoms with van der Waals surface area (Å²) in [7, 11) is 0. The number of nitrogens with zero attached hydrogens (tertiary/aromatic N) is 2. The van der Waals surface area contributed by atoms with Crippen molar-refractivity contribution < 1.29 is 9.90 Å². The molecule has 1 aliphatic heterocycles. The first kappa shape index (κ1) is 19.9. The lowest BCUT2D eigenvalue weighted by Gasteiger charge is -2.41. The molecule has 1 saturated heterocycles. The van der Waals surface area contributed by atoms with Gasteiger partial charge in [-0.25, -0.2) is 0 Å². The number of carbonyl (C=O) groups is 1. The van der Waals surface area contributed by atoms with E-state index in [4.69, 9.17) is 0 Å². The molecule has 2 rings (SSSR count). The van der Waals surface area contributed by atoms with E-state index in [1.807, 2.05) is 44.2 Å². The van der Waals surface area contributed by atoms with Crippen LogP contribution in [0.2, 0.25) is 0 Å². The fourth-order valence-corrected chi connectivity index (χ4v) is 3.53. The van der Waals surface area contributed by atoms with Crippen LogP contribution in [0, 0.1) is 0 Å². The van der Waals surface area contributed by atoms with Crippen LogP contribution in [0.5, 0.6) is 0 Å². The fraction of sp³-hybridized carbons (Fsp3) is 0.650. The van der Waals surface area contributed by atoms with E-state index in [-0.39, 0.29) is 18.1 Å². The number of aliphatic hydroxyl groups is 1. The summed E-state index contributed by atoms with van der Waals surface area (Å²) in [6.07, 6.45) is 1.32. The van der Waals surface area contributed by atoms with Crippen LogP contribution in [-0.2, 0) is 4.79 Å². The zero-order valence-corrected chi connectivity index (χ0v) is 15.8. The van der Waals surface area contributed by atoms with Crippen LogP contribution in [0.25, 0.3) is 0 Å². The van der Waals surface area contributed by atoms with Crippen molar-refractivity contribution in [1.29, 1.82) is 0 Å². The fourth-order valence-electron chi connectivity index (χ4n) is 3.53. The predicted molar refractivity (Wildman–Crippen MR) is 101 cm³/mol. The van der Waals surface area contributed by atoms with E-state index < -0.39 is 0 Å². The second kappa shape index (κ2) is 9.90. The molecule has 2 N–H and O–H groups in total. The molecular formula is C20H33N3O2. The van der Waals surface area contributed by atoms with Crippen molar-refractivity contribution >= 4 is 5.91 Å². The minimum Gasteiger partial charge on any atom is -0.392 e. The molecule has 1 aromatic rings. The number of piperazine rings is 1. The molecule has 25 heavy (non-hydrogen) atoms. The van der Waals surface area contributed by atoms with E-state index in [0.29, 0.717) is 12.5 Å². The first-order valence-electron chi connectivity index (χ1n) is 9.48. The van der Waals surface area contributed by atoms with Crippen LogP contribution in [0.3, 0.4) is 0 Å². The lowest BCUT2D eigenvalue weighted by Crippen LogP contribution is -2.54. The topological polar surface area (TPSA) is 55.8 Å². The molecule has 0 spiro atoms. The highest BCUT2D eigenvalue weighted by molar-refractivity contribution is 5.76. The maximum Gasteiger partial charge on any atom is 0.221 e. The molecule has 1 amide bonds. The summed E-state index contributed by atoms with van der Waals surface area (Å²) in [5, 5.41) is 12.7. The summed E-state index contributed by atoms with van der Waals surface area (Å²) in [5.74, 6) is 0.107. The van der Waals surface area contributed by atoms with Crippen molar-refractivity contribution in [1.82, 2.24) is 15.1 Å². The van der Waals surface area contributed by atoms with Crippen molar-refractivity contribution in [2.24, 2.45) is 0 Å². The van der Waals surface area contributed by atoms with Gasteiger partial charge in [0.15, 0.2) is 0 Å². The van der Waals surface area contributed by atoms with E-state index in [2.05, 4.69) is 22.0 Å². The number of benzene rings is 1. The minimum absolute atomic E-state index is 0.0416. The second-order valence-corrected chi connectivity index (χ2v) is 7.16. The molecule has 0 bridgehead atoms. The van der Waals surface area contributed by atoms with Crippen molar-refractivity contribution in [3.8, 4) is 0 Å². The second-order valence-electron chi connectivity index (χ2n) is 7.16. The number of rotatable bonds is 8. The summed E-state index contributed by atoms with van der Waals surface area (Å²) in [6, 6.07) is 10.6. The zero-order valence-electron chi connectivity index (χ0n) is 15.8. The van der Waals surface area contributed by atoms with Gasteiger partial charge in [-0.3, -0.25) is 14.6 Å². The summed E-state index contributed by atoms with van der Waals surface area (Å²) >= 11 is 0. The molecule has 1 aromatic carbocycles. The van der Waals surface area contributed by atoms with Crippen molar-refractivity contribution in [2.75, 3.05) is 32.7 Å². The van der Waals surface area contributed by atoms with Gasteiger partial charge >= 0.3 is 0 Å². The number of hydrogen-bond donors (Lipinski definition) is 2. The summed E-state index contributed by atoms with van der Waals surface area (Å²) in [5.41, 5.74) is 1.13. The standard InChI is InChI=1S/C20H33N3O2/c1-4-19-15-22(12-13-23(19)14-16(2)24)11-10-20(25)21-17(3)18-8-6-5-7-9-18/h5-9,16-17,19,24H,4,10-15H2,1-3H3,(H,21,25). The third-order valence-corrected chi connectivity index (χ3v) is 4.99. The van der Waals surface area contributed by atoms with Crippen molar-refractivity contribution in [3.05, 3.63) is 35.9 Å². The maximum absolute atomic E-state index is 12.2. The molecule has 0 aliphatic carbocycles. The van der Waals surface area contributed by atoms with Gasteiger partial charge in [0.25, 0.3) is 0 Å². The Morgan fingerprint density at radius 2 is 2.00 bits per heavy atom. The molecule has 0 aromatic heterocycles. The Morgan fingerprint density at radius 1 is 1.28 bits per heavy atom. The van der Waals surface area contributed by atoms with Gasteiger partial charge in [0.1, 0.15) is 0 Å². The quantitative estimate of drug-likeness (QED) is 0.755. The highest BCUT2D eigenvalue weighted by Crippen LogP contribution is 2.14. The Hall–Kier alpha value is -1.43. The normalized spacial score (nSPS) is 21.7. The molecule has 140 valence electrons. The van der Waals surface area contributed by atoms with Gasteiger partial charge in [-0.05, 0) is 25.8 Å². The third kappa shape index (κ3) is 6.42. The van der Waals surface area contributed by atoms with Gasteiger partial charge < -0.3 is 10.4 Å². The molecule has 5 nitrogen and oxygen atoms in total. The molecule has 1 aliphatic rings. The largest absolute Gasteiger partial charge is 0.392 e. The maximum atomic E-state index is 12.2. The van der Waals surface area contributed by atoms with Crippen LogP contribution in [0.4, 0.5) is 0 Å². The number of carbonyl (C=O) groups excluding carboxylic acids is 1. The van der Waals surface area contributed by atoms with E-state index >= 15 is 0 Å². The molecule has 1 fully saturated rings. The zero-order chi connectivity index (χ0) is 18.2. The van der Waals surface area contributed by atoms with Gasteiger partial charge in [-0.15, -0.1) is 0 Å². The van der Waals surface area contributed by atoms with Crippen LogP contribution >= 0.6 is 0 Å². The highest BCUT2D eigenvalue weighted by Gasteiger charge is 2.26. The Bertz CT molecular complexity index is 521. The van der Waals surface area contributed by atoms with E-state index in [1.165, 1.54) is 0 Å². The first-order chi connectivity index (χ1) is 12.0. The lowest BCUT2D eigenvalue weighted by atomic mass is 10.1. The number of hydrogen-bond acceptors (Lipinski definition) is 4. The molecule has 0 radical (unpaired) electrons. The minimum atomic E-state index is -0.286. The van der Waals surface area contributed by atoms with Crippen molar-refractivity contribution in [3.63, 3.8) is 0 Å². The number of β-amino-alcohol motifs (C(OH)–C–C–N with tert-alkyl or cyclic N) is 1. The SMILES string of the molecule is CCC1CN(CCC(=O)NC(C)c2ccccc2)CCN1CC(C)O. The van der Waals surface area contributed by atoms with Crippen LogP contribution in [0.1, 0.15) is 45.2 Å². The third-order valence-electron chi connectivity index (χ3n) is 4.99. The monoisotopic (exact) mass is 347 g/mol. The molecule has 3 atom stereocenters. The summed E-state index contributed by atoms with van der Waals surface area (Å²) in [4.78, 5) is 17.0. The average molecular weight is 348 g/mol. The predicted octanol–water partition coefficient (Wildman–Crippen LogP) is 2.03. The first-order valence-corrected chi connectivity index (χ1v) is 9.48. The average Bonchev–Trinajstić information content (AvgIpc) is 2.61. The molecule has 3 unspecified atom stereocenters. The lowest BCUT2D eigenvalue weighted by molar-refractivity contribution is -0.122. The molecule has 5 heteroatoms. The van der Waals surface area contributed by atoms with Gasteiger partial charge in [-0.2, -0.15) is 0 Å². The summed E-state index contributed by atoms with van der Waals surface area (Å²) in [6.45, 7) is 10.5. The molecular weight excluding hydrogens is 314 g/mol. The van der Waals surface area contributed by atoms with Crippen molar-refractivity contribution in [2.45, 2.75) is 51.8 Å². The highest BCUT2D eigenvalue weighted by atomic mass is 16.3. The number of nitrogens with one attached hydrogen (secondary N) is 1. The van der Waals surface area contributed by atoms with Crippen LogP contribution < -0.4 is 5.32 Å². The Balaban J connectivity index is 1.75. The van der Waals surface area contributed by atoms with Gasteiger partial charge in [0.2, 0.25) is 5.91 Å². The van der Waals surface area contributed by atoms with Gasteiger partial charge in [-0.1, -0.05) is 37.3 Å². The number of amides is 1. The molecule has 0 saturated carbocycles. The van der Waals surface area contributed by atoms with E-state index in [0.717, 1.165) is 44.7 Å². The van der Waals surface area contributed by atoms with Gasteiger partial charge in [0.05, 0.1) is 12.1 Å². The number of aliphatic hydroxyl groups excluding tert-OH is 1. The van der Waals surface area contributed by atoms with E-state index in [1.54, 1.807) is 0 Å². The van der Waals surface area contributed by atoms with Crippen LogP contribution in [0.15, 0.2) is 30.3 Å². The Morgan fingerprint density at radius 3 is 2.64 bits per heavy atom. The van der Waals surface area contributed by atoms with Gasteiger partial charge in [0, 0.05) is 45.2 Å². The van der Waals surface area contributed by atoms with Crippen LogP contribution in [-0.4, -0.2) is 65.7 Å². The molecule has 1 heterocycles. The Labute approximate surface area is 152 Å². The van der Waals surface area contributed by atoms with E-state index in [9.17, 15) is 9.90 Å². The summed E-state index contributed by atoms with van der Waals surface area (Å²) < 4.78 is 0.